The first-order valence-corrected chi connectivity index (χ1v) is 18.5. The number of allylic oxidation sites excluding steroid dienone is 1. The summed E-state index contributed by atoms with van der Waals surface area (Å²) < 4.78 is 3.87. The molecule has 0 heterocycles. The van der Waals surface area contributed by atoms with E-state index in [1.165, 1.54) is 33.4 Å². The monoisotopic (exact) mass is 356 g/mol. The van der Waals surface area contributed by atoms with Crippen LogP contribution in [0.15, 0.2) is 11.3 Å². The second kappa shape index (κ2) is 9.26. The van der Waals surface area contributed by atoms with Gasteiger partial charge in [0.05, 0.1) is 0 Å². The fraction of sp³-hybridized carbons (Fsp3) is 0.750. The molecule has 0 aromatic carbocycles. The first kappa shape index (κ1) is 19.3. The average molecular weight is 355 g/mol. The molecule has 0 aromatic heterocycles. The maximum atomic E-state index is 3.87. The third-order valence-electron chi connectivity index (χ3n) is 4.25. The summed E-state index contributed by atoms with van der Waals surface area (Å²) in [6, 6.07) is 2.88. The molecule has 0 nitrogen and oxygen atoms in total. The molecule has 110 valence electrons. The molecular weight excluding hydrogens is 321 g/mol. The van der Waals surface area contributed by atoms with Gasteiger partial charge in [-0.25, -0.2) is 0 Å². The van der Waals surface area contributed by atoms with Crippen LogP contribution in [0.1, 0.15) is 34.6 Å². The molecule has 0 radical (unpaired) electrons. The van der Waals surface area contributed by atoms with Crippen LogP contribution in [0.5, 0.6) is 0 Å². The molecular formula is C16H34GeSi2. The maximum absolute atomic E-state index is 3.87. The van der Waals surface area contributed by atoms with Crippen molar-refractivity contribution in [2.24, 2.45) is 0 Å². The fourth-order valence-electron chi connectivity index (χ4n) is 2.31. The standard InChI is InChI=1S/C16H34GeSi2/c1-8-17(9-2,10-3)11-13-19(6,7)14-12-18-15-16(4)5/h15H,8-10,12,14,18H2,1-7H3. The predicted octanol–water partition coefficient (Wildman–Crippen LogP) is 4.80. The first-order valence-electron chi connectivity index (χ1n) is 7.98. The molecule has 0 bridgehead atoms. The van der Waals surface area contributed by atoms with E-state index < -0.39 is 21.3 Å². The molecule has 0 spiro atoms. The molecule has 3 heteroatoms. The SMILES string of the molecule is C[CH2][Ge]([C]#C[Si](C)(C)CC[SiH2]C=C(C)C)([CH2]C)[CH2]C. The van der Waals surface area contributed by atoms with Gasteiger partial charge in [-0.05, 0) is 0 Å². The van der Waals surface area contributed by atoms with Gasteiger partial charge in [-0.1, -0.05) is 0 Å². The summed E-state index contributed by atoms with van der Waals surface area (Å²) in [6.45, 7) is 16.5. The van der Waals surface area contributed by atoms with Crippen molar-refractivity contribution in [1.82, 2.24) is 0 Å². The average Bonchev–Trinajstić information content (AvgIpc) is 2.37. The van der Waals surface area contributed by atoms with Crippen molar-refractivity contribution in [3.8, 4) is 10.3 Å². The van der Waals surface area contributed by atoms with Gasteiger partial charge in [0, 0.05) is 0 Å². The van der Waals surface area contributed by atoms with Gasteiger partial charge >= 0.3 is 128 Å². The molecule has 19 heavy (non-hydrogen) atoms. The Morgan fingerprint density at radius 1 is 1.11 bits per heavy atom. The zero-order valence-corrected chi connectivity index (χ0v) is 18.8. The van der Waals surface area contributed by atoms with E-state index in [1.807, 2.05) is 0 Å². The van der Waals surface area contributed by atoms with Gasteiger partial charge in [0.2, 0.25) is 0 Å². The Labute approximate surface area is 128 Å². The topological polar surface area (TPSA) is 0 Å². The summed E-state index contributed by atoms with van der Waals surface area (Å²) in [5.74, 6) is 0. The summed E-state index contributed by atoms with van der Waals surface area (Å²) in [7, 11) is -1.21. The van der Waals surface area contributed by atoms with Crippen LogP contribution < -0.4 is 0 Å². The van der Waals surface area contributed by atoms with Crippen LogP contribution in [0.3, 0.4) is 0 Å². The normalized spacial score (nSPS) is 12.4. The molecule has 0 N–H and O–H groups in total. The minimum atomic E-state index is -1.75. The van der Waals surface area contributed by atoms with E-state index in [9.17, 15) is 0 Å². The zero-order valence-electron chi connectivity index (χ0n) is 14.3. The molecule has 0 atom stereocenters. The van der Waals surface area contributed by atoms with Crippen molar-refractivity contribution in [2.75, 3.05) is 0 Å². The van der Waals surface area contributed by atoms with Crippen molar-refractivity contribution in [3.63, 3.8) is 0 Å². The molecule has 0 aliphatic rings. The Bertz CT molecular complexity index is 331. The van der Waals surface area contributed by atoms with Crippen molar-refractivity contribution < 1.29 is 0 Å². The van der Waals surface area contributed by atoms with E-state index in [4.69, 9.17) is 0 Å². The second-order valence-corrected chi connectivity index (χ2v) is 23.2. The van der Waals surface area contributed by atoms with E-state index in [1.54, 1.807) is 0 Å². The predicted molar refractivity (Wildman–Crippen MR) is 100 cm³/mol. The number of rotatable bonds is 7. The van der Waals surface area contributed by atoms with Gasteiger partial charge in [0.1, 0.15) is 0 Å². The third-order valence-corrected chi connectivity index (χ3v) is 19.7. The van der Waals surface area contributed by atoms with Crippen LogP contribution in [-0.2, 0) is 0 Å². The summed E-state index contributed by atoms with van der Waals surface area (Å²) in [5.41, 5.74) is 7.83. The van der Waals surface area contributed by atoms with Crippen molar-refractivity contribution in [1.29, 1.82) is 0 Å². The van der Waals surface area contributed by atoms with Crippen LogP contribution in [0.25, 0.3) is 0 Å². The third kappa shape index (κ3) is 8.22. The van der Waals surface area contributed by atoms with E-state index in [-0.39, 0.29) is 9.52 Å². The van der Waals surface area contributed by atoms with Gasteiger partial charge < -0.3 is 0 Å². The van der Waals surface area contributed by atoms with Gasteiger partial charge in [-0.2, -0.15) is 0 Å². The quantitative estimate of drug-likeness (QED) is 0.350. The second-order valence-electron chi connectivity index (χ2n) is 6.65. The van der Waals surface area contributed by atoms with Gasteiger partial charge in [-0.3, -0.25) is 0 Å². The van der Waals surface area contributed by atoms with Crippen LogP contribution in [-0.4, -0.2) is 30.9 Å². The molecule has 0 aliphatic heterocycles. The molecule has 0 saturated carbocycles. The Balaban J connectivity index is 4.55. The van der Waals surface area contributed by atoms with Gasteiger partial charge in [-0.15, -0.1) is 0 Å². The number of hydrogen-bond donors (Lipinski definition) is 0. The van der Waals surface area contributed by atoms with E-state index in [0.717, 1.165) is 0 Å². The molecule has 0 amide bonds. The van der Waals surface area contributed by atoms with E-state index in [2.05, 4.69) is 63.7 Å². The number of hydrogen-bond acceptors (Lipinski definition) is 0. The Hall–Kier alpha value is 0.277. The van der Waals surface area contributed by atoms with E-state index in [0.29, 0.717) is 0 Å². The summed E-state index contributed by atoms with van der Waals surface area (Å²) >= 11 is -1.75. The fourth-order valence-corrected chi connectivity index (χ4v) is 16.2. The van der Waals surface area contributed by atoms with Gasteiger partial charge in [0.25, 0.3) is 0 Å². The summed E-state index contributed by atoms with van der Waals surface area (Å²) in [4.78, 5) is 0. The van der Waals surface area contributed by atoms with Crippen molar-refractivity contribution in [2.45, 2.75) is 75.6 Å². The molecule has 0 aliphatic carbocycles. The summed E-state index contributed by atoms with van der Waals surface area (Å²) in [5, 5.41) is 4.16. The zero-order chi connectivity index (χ0) is 14.9. The van der Waals surface area contributed by atoms with Crippen LogP contribution in [0, 0.1) is 10.3 Å². The van der Waals surface area contributed by atoms with Crippen molar-refractivity contribution in [3.05, 3.63) is 11.3 Å². The molecule has 0 rings (SSSR count). The van der Waals surface area contributed by atoms with Crippen LogP contribution >= 0.6 is 0 Å². The van der Waals surface area contributed by atoms with E-state index >= 15 is 0 Å². The Morgan fingerprint density at radius 2 is 1.63 bits per heavy atom. The minimum absolute atomic E-state index is 0.0374. The first-order chi connectivity index (χ1) is 8.81. The molecule has 0 fully saturated rings. The van der Waals surface area contributed by atoms with Crippen LogP contribution in [0.4, 0.5) is 0 Å². The summed E-state index contributed by atoms with van der Waals surface area (Å²) in [6.07, 6.45) is 0. The van der Waals surface area contributed by atoms with Gasteiger partial charge in [0.15, 0.2) is 0 Å². The molecule has 0 saturated heterocycles. The van der Waals surface area contributed by atoms with Crippen LogP contribution in [0.2, 0.25) is 40.9 Å². The molecule has 0 aromatic rings. The molecule has 0 unspecified atom stereocenters. The van der Waals surface area contributed by atoms with Crippen molar-refractivity contribution >= 4 is 30.9 Å². The Morgan fingerprint density at radius 3 is 2.05 bits per heavy atom. The Kier molecular flexibility index (Phi) is 9.39.